The first-order valence-corrected chi connectivity index (χ1v) is 6.79. The molecule has 3 rings (SSSR count). The van der Waals surface area contributed by atoms with Gasteiger partial charge >= 0.3 is 5.97 Å². The highest BCUT2D eigenvalue weighted by Gasteiger charge is 2.57. The molecule has 1 heterocycles. The number of carbonyl (C=O) groups is 2. The smallest absolute Gasteiger partial charge is 0.306 e. The van der Waals surface area contributed by atoms with Crippen molar-refractivity contribution in [3.8, 4) is 0 Å². The summed E-state index contributed by atoms with van der Waals surface area (Å²) in [5, 5.41) is 8.76. The van der Waals surface area contributed by atoms with Gasteiger partial charge in [-0.1, -0.05) is 6.42 Å². The Kier molecular flexibility index (Phi) is 3.01. The van der Waals surface area contributed by atoms with Crippen LogP contribution in [-0.2, 0) is 14.3 Å². The normalized spacial score (nSPS) is 38.3. The van der Waals surface area contributed by atoms with Crippen molar-refractivity contribution in [3.05, 3.63) is 0 Å². The average Bonchev–Trinajstić information content (AvgIpc) is 2.80. The molecule has 1 N–H and O–H groups in total. The zero-order chi connectivity index (χ0) is 12.7. The third-order valence-corrected chi connectivity index (χ3v) is 4.54. The topological polar surface area (TPSA) is 66.8 Å². The third-order valence-electron chi connectivity index (χ3n) is 4.54. The molecule has 5 heteroatoms. The molecule has 1 saturated heterocycles. The molecule has 0 aromatic rings. The molecule has 0 radical (unpaired) electrons. The Hall–Kier alpha value is -1.10. The molecule has 1 aliphatic heterocycles. The molecule has 1 unspecified atom stereocenters. The maximum absolute atomic E-state index is 12.3. The van der Waals surface area contributed by atoms with Gasteiger partial charge in [0.2, 0.25) is 5.91 Å². The number of morpholine rings is 1. The lowest BCUT2D eigenvalue weighted by atomic mass is 10.1. The van der Waals surface area contributed by atoms with Gasteiger partial charge in [0.05, 0.1) is 19.1 Å². The largest absolute Gasteiger partial charge is 0.481 e. The van der Waals surface area contributed by atoms with E-state index in [9.17, 15) is 9.59 Å². The molecular formula is C13H19NO4. The number of amides is 1. The van der Waals surface area contributed by atoms with Gasteiger partial charge in [-0.3, -0.25) is 9.59 Å². The van der Waals surface area contributed by atoms with Crippen LogP contribution in [0.2, 0.25) is 0 Å². The van der Waals surface area contributed by atoms with Crippen molar-refractivity contribution in [2.24, 2.45) is 17.8 Å². The minimum Gasteiger partial charge on any atom is -0.481 e. The number of hydrogen-bond acceptors (Lipinski definition) is 3. The molecule has 0 bridgehead atoms. The monoisotopic (exact) mass is 253 g/mol. The van der Waals surface area contributed by atoms with E-state index in [-0.39, 0.29) is 24.3 Å². The molecular weight excluding hydrogens is 234 g/mol. The van der Waals surface area contributed by atoms with Gasteiger partial charge in [-0.25, -0.2) is 0 Å². The van der Waals surface area contributed by atoms with Crippen LogP contribution in [0.15, 0.2) is 0 Å². The number of carboxylic acid groups (broad SMARTS) is 1. The van der Waals surface area contributed by atoms with Crippen molar-refractivity contribution >= 4 is 11.9 Å². The Morgan fingerprint density at radius 3 is 2.67 bits per heavy atom. The highest BCUT2D eigenvalue weighted by Crippen LogP contribution is 2.58. The predicted molar refractivity (Wildman–Crippen MR) is 62.9 cm³/mol. The second-order valence-electron chi connectivity index (χ2n) is 5.66. The fourth-order valence-electron chi connectivity index (χ4n) is 3.64. The second-order valence-corrected chi connectivity index (χ2v) is 5.66. The quantitative estimate of drug-likeness (QED) is 0.805. The maximum Gasteiger partial charge on any atom is 0.306 e. The summed E-state index contributed by atoms with van der Waals surface area (Å²) in [5.74, 6) is 0.861. The van der Waals surface area contributed by atoms with Crippen LogP contribution in [-0.4, -0.2) is 47.7 Å². The van der Waals surface area contributed by atoms with Gasteiger partial charge in [-0.05, 0) is 24.7 Å². The first kappa shape index (κ1) is 12.0. The van der Waals surface area contributed by atoms with Crippen molar-refractivity contribution in [2.75, 3.05) is 19.7 Å². The van der Waals surface area contributed by atoms with E-state index in [0.717, 1.165) is 0 Å². The van der Waals surface area contributed by atoms with E-state index in [2.05, 4.69) is 0 Å². The SMILES string of the molecule is O=C(O)C[C@H]1CN(C(=O)C2[C@H]3CCC[C@@H]23)CCO1. The van der Waals surface area contributed by atoms with E-state index < -0.39 is 5.97 Å². The molecule has 1 amide bonds. The summed E-state index contributed by atoms with van der Waals surface area (Å²) < 4.78 is 5.39. The number of hydrogen-bond donors (Lipinski definition) is 1. The zero-order valence-corrected chi connectivity index (χ0v) is 10.4. The Bertz CT molecular complexity index is 360. The average molecular weight is 253 g/mol. The van der Waals surface area contributed by atoms with Gasteiger partial charge in [0.15, 0.2) is 0 Å². The van der Waals surface area contributed by atoms with Crippen LogP contribution in [0.1, 0.15) is 25.7 Å². The summed E-state index contributed by atoms with van der Waals surface area (Å²) in [6, 6.07) is 0. The van der Waals surface area contributed by atoms with Crippen LogP contribution < -0.4 is 0 Å². The molecule has 2 aliphatic carbocycles. The highest BCUT2D eigenvalue weighted by molar-refractivity contribution is 5.82. The molecule has 5 nitrogen and oxygen atoms in total. The van der Waals surface area contributed by atoms with E-state index in [4.69, 9.17) is 9.84 Å². The Morgan fingerprint density at radius 2 is 2.00 bits per heavy atom. The molecule has 100 valence electrons. The lowest BCUT2D eigenvalue weighted by Crippen LogP contribution is -2.47. The summed E-state index contributed by atoms with van der Waals surface area (Å²) in [4.78, 5) is 24.8. The molecule has 3 aliphatic rings. The molecule has 0 aromatic heterocycles. The van der Waals surface area contributed by atoms with Gasteiger partial charge in [0.25, 0.3) is 0 Å². The number of carboxylic acids is 1. The summed E-state index contributed by atoms with van der Waals surface area (Å²) in [7, 11) is 0. The van der Waals surface area contributed by atoms with Crippen LogP contribution in [0.25, 0.3) is 0 Å². The van der Waals surface area contributed by atoms with E-state index >= 15 is 0 Å². The van der Waals surface area contributed by atoms with Crippen LogP contribution in [0.5, 0.6) is 0 Å². The third kappa shape index (κ3) is 2.11. The van der Waals surface area contributed by atoms with Gasteiger partial charge in [0.1, 0.15) is 0 Å². The van der Waals surface area contributed by atoms with Crippen molar-refractivity contribution in [3.63, 3.8) is 0 Å². The fourth-order valence-corrected chi connectivity index (χ4v) is 3.64. The second kappa shape index (κ2) is 4.53. The molecule has 0 aromatic carbocycles. The number of ether oxygens (including phenoxy) is 1. The van der Waals surface area contributed by atoms with Crippen LogP contribution in [0.3, 0.4) is 0 Å². The molecule has 2 saturated carbocycles. The summed E-state index contributed by atoms with van der Waals surface area (Å²) in [5.41, 5.74) is 0. The van der Waals surface area contributed by atoms with E-state index in [1.807, 2.05) is 4.90 Å². The summed E-state index contributed by atoms with van der Waals surface area (Å²) in [6.07, 6.45) is 3.32. The molecule has 3 fully saturated rings. The molecule has 4 atom stereocenters. The van der Waals surface area contributed by atoms with Crippen molar-refractivity contribution < 1.29 is 19.4 Å². The number of fused-ring (bicyclic) bond motifs is 1. The number of nitrogens with zero attached hydrogens (tertiary/aromatic N) is 1. The number of rotatable bonds is 3. The Labute approximate surface area is 106 Å². The zero-order valence-electron chi connectivity index (χ0n) is 10.4. The molecule has 0 spiro atoms. The van der Waals surface area contributed by atoms with Gasteiger partial charge in [-0.15, -0.1) is 0 Å². The standard InChI is InChI=1S/C13H19NO4/c15-11(16)6-8-7-14(4-5-18-8)13(17)12-9-2-1-3-10(9)12/h8-10,12H,1-7H2,(H,15,16)/t8-,9-,10+,12?/m0/s1. The first-order valence-electron chi connectivity index (χ1n) is 6.79. The molecule has 18 heavy (non-hydrogen) atoms. The summed E-state index contributed by atoms with van der Waals surface area (Å²) in [6.45, 7) is 1.53. The van der Waals surface area contributed by atoms with Crippen molar-refractivity contribution in [2.45, 2.75) is 31.8 Å². The Morgan fingerprint density at radius 1 is 1.28 bits per heavy atom. The summed E-state index contributed by atoms with van der Waals surface area (Å²) >= 11 is 0. The van der Waals surface area contributed by atoms with Crippen LogP contribution in [0.4, 0.5) is 0 Å². The lowest BCUT2D eigenvalue weighted by Gasteiger charge is -2.32. The number of aliphatic carboxylic acids is 1. The predicted octanol–water partition coefficient (Wildman–Crippen LogP) is 0.735. The lowest BCUT2D eigenvalue weighted by molar-refractivity contribution is -0.148. The van der Waals surface area contributed by atoms with Crippen LogP contribution >= 0.6 is 0 Å². The van der Waals surface area contributed by atoms with E-state index in [1.54, 1.807) is 0 Å². The van der Waals surface area contributed by atoms with Gasteiger partial charge in [0, 0.05) is 19.0 Å². The maximum atomic E-state index is 12.3. The van der Waals surface area contributed by atoms with Crippen LogP contribution in [0, 0.1) is 17.8 Å². The minimum absolute atomic E-state index is 0.0126. The van der Waals surface area contributed by atoms with E-state index in [1.165, 1.54) is 19.3 Å². The van der Waals surface area contributed by atoms with Gasteiger partial charge < -0.3 is 14.7 Å². The highest BCUT2D eigenvalue weighted by atomic mass is 16.5. The Balaban J connectivity index is 1.55. The number of carbonyl (C=O) groups excluding carboxylic acids is 1. The van der Waals surface area contributed by atoms with E-state index in [0.29, 0.717) is 31.5 Å². The van der Waals surface area contributed by atoms with Gasteiger partial charge in [-0.2, -0.15) is 0 Å². The fraction of sp³-hybridized carbons (Fsp3) is 0.846. The first-order chi connectivity index (χ1) is 8.66. The van der Waals surface area contributed by atoms with Crippen molar-refractivity contribution in [1.82, 2.24) is 4.90 Å². The minimum atomic E-state index is -0.863. The van der Waals surface area contributed by atoms with Crippen molar-refractivity contribution in [1.29, 1.82) is 0 Å².